The van der Waals surface area contributed by atoms with E-state index in [1.54, 1.807) is 0 Å². The molecule has 2 N–H and O–H groups in total. The van der Waals surface area contributed by atoms with Crippen LogP contribution in [0, 0.1) is 11.3 Å². The Labute approximate surface area is 149 Å². The Morgan fingerprint density at radius 3 is 2.68 bits per heavy atom. The number of hydrogen-bond donors (Lipinski definition) is 2. The molecule has 1 heterocycles. The van der Waals surface area contributed by atoms with Gasteiger partial charge < -0.3 is 10.4 Å². The number of fused-ring (bicyclic) bond motifs is 1. The first-order valence-corrected chi connectivity index (χ1v) is 9.30. The van der Waals surface area contributed by atoms with E-state index in [1.165, 1.54) is 5.56 Å². The first kappa shape index (κ1) is 17.9. The standard InChI is InChI=1S/C20H28N2O3/c1-3-14(2)15-6-8-17(9-7-15)21-18(23)12-22-11-16-5-4-10-20(16,13-22)19(24)25/h6-9,14,16H,3-5,10-13H2,1-2H3,(H,21,23)(H,24,25)/t14?,16-,20+/m0/s1. The number of carboxylic acid groups (broad SMARTS) is 1. The van der Waals surface area contributed by atoms with Crippen LogP contribution in [-0.4, -0.2) is 41.5 Å². The maximum atomic E-state index is 12.3. The Bertz CT molecular complexity index is 643. The van der Waals surface area contributed by atoms with Crippen LogP contribution >= 0.6 is 0 Å². The third-order valence-electron chi connectivity index (χ3n) is 6.11. The van der Waals surface area contributed by atoms with Crippen LogP contribution in [0.5, 0.6) is 0 Å². The maximum Gasteiger partial charge on any atom is 0.311 e. The molecule has 0 spiro atoms. The van der Waals surface area contributed by atoms with Crippen LogP contribution in [0.1, 0.15) is 51.0 Å². The van der Waals surface area contributed by atoms with Gasteiger partial charge in [0.15, 0.2) is 0 Å². The number of carbonyl (C=O) groups is 2. The molecule has 2 aliphatic rings. The lowest BCUT2D eigenvalue weighted by Gasteiger charge is -2.23. The summed E-state index contributed by atoms with van der Waals surface area (Å²) in [5.74, 6) is -0.0658. The number of aliphatic carboxylic acids is 1. The van der Waals surface area contributed by atoms with Gasteiger partial charge in [0.2, 0.25) is 5.91 Å². The third kappa shape index (κ3) is 3.56. The van der Waals surface area contributed by atoms with Crippen molar-refractivity contribution in [3.8, 4) is 0 Å². The number of carbonyl (C=O) groups excluding carboxylic acids is 1. The van der Waals surface area contributed by atoms with Crippen LogP contribution < -0.4 is 5.32 Å². The van der Waals surface area contributed by atoms with E-state index in [1.807, 2.05) is 17.0 Å². The van der Waals surface area contributed by atoms with Crippen molar-refractivity contribution in [1.82, 2.24) is 4.90 Å². The highest BCUT2D eigenvalue weighted by atomic mass is 16.4. The fourth-order valence-electron chi connectivity index (χ4n) is 4.40. The molecular weight excluding hydrogens is 316 g/mol. The van der Waals surface area contributed by atoms with Crippen LogP contribution in [0.2, 0.25) is 0 Å². The van der Waals surface area contributed by atoms with Gasteiger partial charge in [0.05, 0.1) is 12.0 Å². The number of carboxylic acids is 1. The quantitative estimate of drug-likeness (QED) is 0.830. The molecule has 25 heavy (non-hydrogen) atoms. The van der Waals surface area contributed by atoms with Crippen LogP contribution in [0.25, 0.3) is 0 Å². The zero-order valence-corrected chi connectivity index (χ0v) is 15.1. The molecule has 1 saturated carbocycles. The Morgan fingerprint density at radius 1 is 1.36 bits per heavy atom. The molecule has 1 unspecified atom stereocenters. The van der Waals surface area contributed by atoms with Gasteiger partial charge in [0.25, 0.3) is 0 Å². The number of amides is 1. The fraction of sp³-hybridized carbons (Fsp3) is 0.600. The smallest absolute Gasteiger partial charge is 0.311 e. The highest BCUT2D eigenvalue weighted by Crippen LogP contribution is 2.48. The van der Waals surface area contributed by atoms with Gasteiger partial charge in [-0.2, -0.15) is 0 Å². The summed E-state index contributed by atoms with van der Waals surface area (Å²) in [6.07, 6.45) is 3.77. The molecule has 1 aromatic carbocycles. The van der Waals surface area contributed by atoms with E-state index >= 15 is 0 Å². The van der Waals surface area contributed by atoms with Crippen molar-refractivity contribution in [3.63, 3.8) is 0 Å². The van der Waals surface area contributed by atoms with Crippen molar-refractivity contribution in [2.24, 2.45) is 11.3 Å². The Hall–Kier alpha value is -1.88. The summed E-state index contributed by atoms with van der Waals surface area (Å²) in [4.78, 5) is 26.0. The average molecular weight is 344 g/mol. The second kappa shape index (κ2) is 7.16. The number of nitrogens with zero attached hydrogens (tertiary/aromatic N) is 1. The minimum Gasteiger partial charge on any atom is -0.481 e. The molecule has 3 rings (SSSR count). The van der Waals surface area contributed by atoms with Crippen molar-refractivity contribution in [2.45, 2.75) is 45.4 Å². The van der Waals surface area contributed by atoms with E-state index in [0.717, 1.165) is 31.4 Å². The number of benzene rings is 1. The molecule has 1 aliphatic heterocycles. The number of anilines is 1. The van der Waals surface area contributed by atoms with Crippen LogP contribution in [0.15, 0.2) is 24.3 Å². The number of nitrogens with one attached hydrogen (secondary N) is 1. The summed E-state index contributed by atoms with van der Waals surface area (Å²) in [6, 6.07) is 8.00. The molecule has 5 nitrogen and oxygen atoms in total. The van der Waals surface area contributed by atoms with Gasteiger partial charge >= 0.3 is 5.97 Å². The molecular formula is C20H28N2O3. The summed E-state index contributed by atoms with van der Waals surface area (Å²) < 4.78 is 0. The van der Waals surface area contributed by atoms with E-state index in [2.05, 4.69) is 31.3 Å². The lowest BCUT2D eigenvalue weighted by atomic mass is 9.81. The van der Waals surface area contributed by atoms with Crippen LogP contribution in [0.4, 0.5) is 5.69 Å². The van der Waals surface area contributed by atoms with Gasteiger partial charge in [-0.25, -0.2) is 0 Å². The average Bonchev–Trinajstić information content (AvgIpc) is 3.12. The van der Waals surface area contributed by atoms with Gasteiger partial charge in [-0.3, -0.25) is 14.5 Å². The van der Waals surface area contributed by atoms with Gasteiger partial charge in [0.1, 0.15) is 0 Å². The predicted molar refractivity (Wildman–Crippen MR) is 97.6 cm³/mol. The summed E-state index contributed by atoms with van der Waals surface area (Å²) in [7, 11) is 0. The minimum atomic E-state index is -0.696. The second-order valence-corrected chi connectivity index (χ2v) is 7.70. The zero-order valence-electron chi connectivity index (χ0n) is 15.1. The largest absolute Gasteiger partial charge is 0.481 e. The minimum absolute atomic E-state index is 0.0724. The monoisotopic (exact) mass is 344 g/mol. The molecule has 1 aromatic rings. The highest BCUT2D eigenvalue weighted by Gasteiger charge is 2.54. The molecule has 1 saturated heterocycles. The van der Waals surface area contributed by atoms with Crippen molar-refractivity contribution >= 4 is 17.6 Å². The van der Waals surface area contributed by atoms with Crippen molar-refractivity contribution in [2.75, 3.05) is 25.0 Å². The second-order valence-electron chi connectivity index (χ2n) is 7.70. The van der Waals surface area contributed by atoms with E-state index in [9.17, 15) is 14.7 Å². The van der Waals surface area contributed by atoms with Gasteiger partial charge in [-0.1, -0.05) is 32.4 Å². The molecule has 136 valence electrons. The number of rotatable bonds is 6. The molecule has 5 heteroatoms. The van der Waals surface area contributed by atoms with Crippen molar-refractivity contribution in [3.05, 3.63) is 29.8 Å². The fourth-order valence-corrected chi connectivity index (χ4v) is 4.40. The molecule has 2 fully saturated rings. The summed E-state index contributed by atoms with van der Waals surface area (Å²) in [5.41, 5.74) is 1.44. The molecule has 1 amide bonds. The first-order chi connectivity index (χ1) is 11.9. The molecule has 1 aliphatic carbocycles. The van der Waals surface area contributed by atoms with Gasteiger partial charge in [-0.05, 0) is 48.8 Å². The molecule has 0 bridgehead atoms. The SMILES string of the molecule is CCC(C)c1ccc(NC(=O)CN2C[C@@H]3CCC[C@@]3(C(=O)O)C2)cc1. The zero-order chi connectivity index (χ0) is 18.0. The van der Waals surface area contributed by atoms with E-state index < -0.39 is 11.4 Å². The van der Waals surface area contributed by atoms with Crippen LogP contribution in [0.3, 0.4) is 0 Å². The number of likely N-dealkylation sites (tertiary alicyclic amines) is 1. The van der Waals surface area contributed by atoms with E-state index in [4.69, 9.17) is 0 Å². The lowest BCUT2D eigenvalue weighted by Crippen LogP contribution is -2.37. The maximum absolute atomic E-state index is 12.3. The van der Waals surface area contributed by atoms with Gasteiger partial charge in [-0.15, -0.1) is 0 Å². The van der Waals surface area contributed by atoms with E-state index in [-0.39, 0.29) is 18.4 Å². The Morgan fingerprint density at radius 2 is 2.08 bits per heavy atom. The Kier molecular flexibility index (Phi) is 5.13. The summed E-state index contributed by atoms with van der Waals surface area (Å²) in [5, 5.41) is 12.6. The normalized spacial score (nSPS) is 27.0. The number of hydrogen-bond acceptors (Lipinski definition) is 3. The predicted octanol–water partition coefficient (Wildman–Crippen LogP) is 3.33. The van der Waals surface area contributed by atoms with Crippen molar-refractivity contribution < 1.29 is 14.7 Å². The molecule has 0 aromatic heterocycles. The third-order valence-corrected chi connectivity index (χ3v) is 6.11. The summed E-state index contributed by atoms with van der Waals surface area (Å²) in [6.45, 7) is 5.82. The Balaban J connectivity index is 1.56. The highest BCUT2D eigenvalue weighted by molar-refractivity contribution is 5.92. The summed E-state index contributed by atoms with van der Waals surface area (Å²) >= 11 is 0. The van der Waals surface area contributed by atoms with Gasteiger partial charge in [0, 0.05) is 18.8 Å². The molecule has 0 radical (unpaired) electrons. The molecule has 3 atom stereocenters. The first-order valence-electron chi connectivity index (χ1n) is 9.30. The topological polar surface area (TPSA) is 69.6 Å². The van der Waals surface area contributed by atoms with E-state index in [0.29, 0.717) is 19.0 Å². The van der Waals surface area contributed by atoms with Crippen molar-refractivity contribution in [1.29, 1.82) is 0 Å². The lowest BCUT2D eigenvalue weighted by molar-refractivity contribution is -0.149. The van der Waals surface area contributed by atoms with Crippen LogP contribution in [-0.2, 0) is 9.59 Å².